The Hall–Kier alpha value is -2.09. The summed E-state index contributed by atoms with van der Waals surface area (Å²) in [5, 5.41) is 0. The van der Waals surface area contributed by atoms with E-state index in [1.807, 2.05) is 11.0 Å². The summed E-state index contributed by atoms with van der Waals surface area (Å²) in [4.78, 5) is 43.3. The van der Waals surface area contributed by atoms with Crippen molar-refractivity contribution in [2.75, 3.05) is 33.7 Å². The molecule has 136 valence electrons. The van der Waals surface area contributed by atoms with Gasteiger partial charge in [-0.05, 0) is 30.9 Å². The van der Waals surface area contributed by atoms with Crippen LogP contribution in [0, 0.1) is 5.92 Å². The lowest BCUT2D eigenvalue weighted by molar-refractivity contribution is -0.137. The highest BCUT2D eigenvalue weighted by Crippen LogP contribution is 2.30. The van der Waals surface area contributed by atoms with Gasteiger partial charge in [-0.3, -0.25) is 9.59 Å². The number of carbonyl (C=O) groups is 3. The third-order valence-electron chi connectivity index (χ3n) is 4.88. The molecule has 1 atom stereocenters. The van der Waals surface area contributed by atoms with Crippen LogP contribution in [0.3, 0.4) is 0 Å². The lowest BCUT2D eigenvalue weighted by Crippen LogP contribution is -2.49. The second kappa shape index (κ2) is 7.03. The van der Waals surface area contributed by atoms with Crippen molar-refractivity contribution in [3.8, 4) is 0 Å². The van der Waals surface area contributed by atoms with Crippen molar-refractivity contribution in [2.24, 2.45) is 11.7 Å². The normalized spacial score (nSPS) is 20.2. The van der Waals surface area contributed by atoms with Crippen LogP contribution in [0.25, 0.3) is 0 Å². The fourth-order valence-corrected chi connectivity index (χ4v) is 4.67. The molecule has 0 aromatic carbocycles. The maximum Gasteiger partial charge on any atom is 0.314 e. The Morgan fingerprint density at radius 3 is 2.68 bits per heavy atom. The number of hydrogen-bond acceptors (Lipinski definition) is 4. The first kappa shape index (κ1) is 17.7. The highest BCUT2D eigenvalue weighted by molar-refractivity contribution is 7.14. The standard InChI is InChI=1S/C17H24N4O3S/c1-19(2)16(23)14-8-12-10-20(7-5-13(12)25-14)15(22)11-4-3-6-21(9-11)17(18)24/h8,11H,3-7,9-10H2,1-2H3,(H2,18,24)/t11-/m1/s1. The number of hydrogen-bond donors (Lipinski definition) is 1. The van der Waals surface area contributed by atoms with Crippen molar-refractivity contribution in [3.05, 3.63) is 21.4 Å². The summed E-state index contributed by atoms with van der Waals surface area (Å²) < 4.78 is 0. The molecule has 1 saturated heterocycles. The number of carbonyl (C=O) groups excluding carboxylic acids is 3. The Morgan fingerprint density at radius 1 is 1.24 bits per heavy atom. The average Bonchev–Trinajstić information content (AvgIpc) is 3.03. The molecule has 1 aromatic heterocycles. The zero-order chi connectivity index (χ0) is 18.1. The zero-order valence-electron chi connectivity index (χ0n) is 14.7. The van der Waals surface area contributed by atoms with E-state index in [2.05, 4.69) is 0 Å². The highest BCUT2D eigenvalue weighted by Gasteiger charge is 2.32. The number of fused-ring (bicyclic) bond motifs is 1. The molecule has 0 radical (unpaired) electrons. The molecular formula is C17H24N4O3S. The Morgan fingerprint density at radius 2 is 2.00 bits per heavy atom. The maximum absolute atomic E-state index is 12.9. The van der Waals surface area contributed by atoms with Gasteiger partial charge in [-0.15, -0.1) is 11.3 Å². The number of primary amides is 1. The molecule has 4 amide bonds. The van der Waals surface area contributed by atoms with Gasteiger partial charge in [0.05, 0.1) is 10.8 Å². The van der Waals surface area contributed by atoms with E-state index < -0.39 is 6.03 Å². The Balaban J connectivity index is 1.69. The number of urea groups is 1. The number of piperidine rings is 1. The van der Waals surface area contributed by atoms with Crippen molar-refractivity contribution in [1.82, 2.24) is 14.7 Å². The topological polar surface area (TPSA) is 87.0 Å². The van der Waals surface area contributed by atoms with E-state index >= 15 is 0 Å². The van der Waals surface area contributed by atoms with Gasteiger partial charge in [0.15, 0.2) is 0 Å². The van der Waals surface area contributed by atoms with Gasteiger partial charge in [-0.1, -0.05) is 0 Å². The second-order valence-electron chi connectivity index (χ2n) is 6.89. The predicted molar refractivity (Wildman–Crippen MR) is 95.3 cm³/mol. The summed E-state index contributed by atoms with van der Waals surface area (Å²) in [6.07, 6.45) is 2.37. The fraction of sp³-hybridized carbons (Fsp3) is 0.588. The van der Waals surface area contributed by atoms with Gasteiger partial charge >= 0.3 is 6.03 Å². The number of likely N-dealkylation sites (tertiary alicyclic amines) is 1. The first-order chi connectivity index (χ1) is 11.9. The maximum atomic E-state index is 12.9. The Kier molecular flexibility index (Phi) is 4.99. The van der Waals surface area contributed by atoms with E-state index in [0.717, 1.165) is 29.7 Å². The summed E-state index contributed by atoms with van der Waals surface area (Å²) in [5.74, 6) is -0.0887. The van der Waals surface area contributed by atoms with Gasteiger partial charge in [-0.2, -0.15) is 0 Å². The fourth-order valence-electron chi connectivity index (χ4n) is 3.48. The number of nitrogens with two attached hydrogens (primary N) is 1. The van der Waals surface area contributed by atoms with Gasteiger partial charge in [0.25, 0.3) is 5.91 Å². The van der Waals surface area contributed by atoms with E-state index in [4.69, 9.17) is 5.73 Å². The van der Waals surface area contributed by atoms with Gasteiger partial charge in [0.2, 0.25) is 5.91 Å². The zero-order valence-corrected chi connectivity index (χ0v) is 15.5. The Bertz CT molecular complexity index is 700. The Labute approximate surface area is 151 Å². The molecule has 3 rings (SSSR count). The molecule has 2 aliphatic rings. The minimum Gasteiger partial charge on any atom is -0.351 e. The summed E-state index contributed by atoms with van der Waals surface area (Å²) in [7, 11) is 3.48. The van der Waals surface area contributed by atoms with Crippen LogP contribution in [-0.2, 0) is 17.8 Å². The molecule has 3 heterocycles. The first-order valence-electron chi connectivity index (χ1n) is 8.53. The van der Waals surface area contributed by atoms with Crippen LogP contribution in [0.4, 0.5) is 4.79 Å². The largest absolute Gasteiger partial charge is 0.351 e. The smallest absolute Gasteiger partial charge is 0.314 e. The lowest BCUT2D eigenvalue weighted by Gasteiger charge is -2.35. The van der Waals surface area contributed by atoms with Crippen molar-refractivity contribution >= 4 is 29.2 Å². The average molecular weight is 364 g/mol. The summed E-state index contributed by atoms with van der Waals surface area (Å²) in [5.41, 5.74) is 6.42. The third-order valence-corrected chi connectivity index (χ3v) is 6.10. The second-order valence-corrected chi connectivity index (χ2v) is 8.03. The molecule has 1 aromatic rings. The minimum atomic E-state index is -0.455. The molecule has 2 aliphatic heterocycles. The summed E-state index contributed by atoms with van der Waals surface area (Å²) in [6, 6.07) is 1.46. The van der Waals surface area contributed by atoms with E-state index in [1.165, 1.54) is 16.2 Å². The molecule has 1 fully saturated rings. The van der Waals surface area contributed by atoms with Crippen LogP contribution in [-0.4, -0.2) is 66.3 Å². The van der Waals surface area contributed by atoms with Gasteiger partial charge in [0.1, 0.15) is 0 Å². The summed E-state index contributed by atoms with van der Waals surface area (Å²) in [6.45, 7) is 2.24. The molecular weight excluding hydrogens is 340 g/mol. The molecule has 0 saturated carbocycles. The predicted octanol–water partition coefficient (Wildman–Crippen LogP) is 1.13. The van der Waals surface area contributed by atoms with Crippen molar-refractivity contribution in [1.29, 1.82) is 0 Å². The van der Waals surface area contributed by atoms with E-state index in [1.54, 1.807) is 23.9 Å². The highest BCUT2D eigenvalue weighted by atomic mass is 32.1. The van der Waals surface area contributed by atoms with Gasteiger partial charge in [-0.25, -0.2) is 4.79 Å². The molecule has 0 spiro atoms. The van der Waals surface area contributed by atoms with Crippen molar-refractivity contribution in [3.63, 3.8) is 0 Å². The lowest BCUT2D eigenvalue weighted by atomic mass is 9.95. The van der Waals surface area contributed by atoms with Crippen LogP contribution < -0.4 is 5.73 Å². The summed E-state index contributed by atoms with van der Waals surface area (Å²) >= 11 is 1.53. The van der Waals surface area contributed by atoms with Crippen LogP contribution in [0.5, 0.6) is 0 Å². The minimum absolute atomic E-state index is 0.00153. The first-order valence-corrected chi connectivity index (χ1v) is 9.35. The van der Waals surface area contributed by atoms with Gasteiger partial charge in [0, 0.05) is 45.2 Å². The van der Waals surface area contributed by atoms with Crippen LogP contribution in [0.1, 0.15) is 33.0 Å². The molecule has 7 nitrogen and oxygen atoms in total. The van der Waals surface area contributed by atoms with E-state index in [0.29, 0.717) is 26.2 Å². The van der Waals surface area contributed by atoms with Gasteiger partial charge < -0.3 is 20.4 Å². The van der Waals surface area contributed by atoms with Crippen LogP contribution in [0.15, 0.2) is 6.07 Å². The van der Waals surface area contributed by atoms with Crippen LogP contribution >= 0.6 is 11.3 Å². The monoisotopic (exact) mass is 364 g/mol. The molecule has 25 heavy (non-hydrogen) atoms. The van der Waals surface area contributed by atoms with Crippen LogP contribution in [0.2, 0.25) is 0 Å². The number of thiophene rings is 1. The molecule has 0 aliphatic carbocycles. The molecule has 8 heteroatoms. The molecule has 0 unspecified atom stereocenters. The molecule has 2 N–H and O–H groups in total. The van der Waals surface area contributed by atoms with E-state index in [9.17, 15) is 14.4 Å². The quantitative estimate of drug-likeness (QED) is 0.853. The van der Waals surface area contributed by atoms with Crippen molar-refractivity contribution < 1.29 is 14.4 Å². The number of rotatable bonds is 2. The number of nitrogens with zero attached hydrogens (tertiary/aromatic N) is 3. The van der Waals surface area contributed by atoms with Crippen molar-refractivity contribution in [2.45, 2.75) is 25.8 Å². The SMILES string of the molecule is CN(C)C(=O)c1cc2c(s1)CCN(C(=O)[C@@H]1CCCN(C(N)=O)C1)C2. The number of amides is 4. The molecule has 0 bridgehead atoms. The van der Waals surface area contributed by atoms with E-state index in [-0.39, 0.29) is 17.7 Å². The third kappa shape index (κ3) is 3.63.